The van der Waals surface area contributed by atoms with Gasteiger partial charge in [-0.25, -0.2) is 0 Å². The zero-order chi connectivity index (χ0) is 18.8. The molecule has 0 saturated carbocycles. The average Bonchev–Trinajstić information content (AvgIpc) is 3.11. The number of guanidine groups is 1. The van der Waals surface area contributed by atoms with Gasteiger partial charge >= 0.3 is 0 Å². The smallest absolute Gasteiger partial charge is 0.191 e. The second kappa shape index (κ2) is 11.1. The van der Waals surface area contributed by atoms with Crippen LogP contribution in [0.25, 0.3) is 0 Å². The van der Waals surface area contributed by atoms with Gasteiger partial charge in [0.05, 0.1) is 16.6 Å². The van der Waals surface area contributed by atoms with Crippen LogP contribution in [0.5, 0.6) is 5.75 Å². The second-order valence-electron chi connectivity index (χ2n) is 5.38. The van der Waals surface area contributed by atoms with Crippen LogP contribution in [0, 0.1) is 0 Å². The number of benzene rings is 1. The molecule has 7 nitrogen and oxygen atoms in total. The predicted octanol–water partition coefficient (Wildman–Crippen LogP) is 3.26. The third-order valence-corrected chi connectivity index (χ3v) is 4.21. The largest absolute Gasteiger partial charge is 0.489 e. The Kier molecular flexibility index (Phi) is 8.80. The quantitative estimate of drug-likeness (QED) is 0.371. The van der Waals surface area contributed by atoms with Gasteiger partial charge in [-0.2, -0.15) is 0 Å². The van der Waals surface area contributed by atoms with Crippen molar-refractivity contribution in [2.24, 2.45) is 4.99 Å². The van der Waals surface area contributed by atoms with Gasteiger partial charge in [0.1, 0.15) is 19.3 Å². The molecule has 2 rings (SSSR count). The summed E-state index contributed by atoms with van der Waals surface area (Å²) in [7, 11) is 1.72. The Morgan fingerprint density at radius 1 is 1.08 bits per heavy atom. The number of hydrogen-bond acceptors (Lipinski definition) is 4. The minimum absolute atomic E-state index is 0.384. The van der Waals surface area contributed by atoms with Crippen molar-refractivity contribution in [2.75, 3.05) is 26.7 Å². The van der Waals surface area contributed by atoms with Crippen LogP contribution in [0.2, 0.25) is 15.1 Å². The molecule has 26 heavy (non-hydrogen) atoms. The summed E-state index contributed by atoms with van der Waals surface area (Å²) in [5.41, 5.74) is 0. The van der Waals surface area contributed by atoms with E-state index >= 15 is 0 Å². The number of nitrogens with one attached hydrogen (secondary N) is 2. The molecule has 1 aromatic carbocycles. The normalized spacial score (nSPS) is 11.5. The Hall–Kier alpha value is -1.70. The molecule has 0 aliphatic heterocycles. The lowest BCUT2D eigenvalue weighted by Gasteiger charge is -2.14. The highest BCUT2D eigenvalue weighted by Crippen LogP contribution is 2.35. The Bertz CT molecular complexity index is 685. The maximum absolute atomic E-state index is 6.08. The number of hydrogen-bond donors (Lipinski definition) is 2. The van der Waals surface area contributed by atoms with E-state index in [-0.39, 0.29) is 0 Å². The van der Waals surface area contributed by atoms with Crippen LogP contribution < -0.4 is 15.4 Å². The van der Waals surface area contributed by atoms with E-state index in [4.69, 9.17) is 39.5 Å². The number of aromatic nitrogens is 3. The van der Waals surface area contributed by atoms with E-state index in [0.29, 0.717) is 39.9 Å². The summed E-state index contributed by atoms with van der Waals surface area (Å²) in [5.74, 6) is 1.14. The monoisotopic (exact) mass is 418 g/mol. The summed E-state index contributed by atoms with van der Waals surface area (Å²) >= 11 is 18.0. The van der Waals surface area contributed by atoms with Gasteiger partial charge in [-0.15, -0.1) is 10.2 Å². The van der Waals surface area contributed by atoms with Crippen LogP contribution in [0.15, 0.2) is 29.8 Å². The molecular weight excluding hydrogens is 399 g/mol. The molecule has 10 heteroatoms. The van der Waals surface area contributed by atoms with Crippen molar-refractivity contribution in [2.45, 2.75) is 19.4 Å². The van der Waals surface area contributed by atoms with Gasteiger partial charge < -0.3 is 19.9 Å². The van der Waals surface area contributed by atoms with E-state index in [9.17, 15) is 0 Å². The summed E-state index contributed by atoms with van der Waals surface area (Å²) < 4.78 is 7.58. The van der Waals surface area contributed by atoms with Gasteiger partial charge in [0.15, 0.2) is 11.7 Å². The summed E-state index contributed by atoms with van der Waals surface area (Å²) in [4.78, 5) is 4.17. The molecule has 0 fully saturated rings. The standard InChI is InChI=1S/C16H21Cl3N6O/c1-20-16(21-4-2-3-6-25-10-23-24-11-25)22-5-7-26-15-13(18)8-12(17)9-14(15)19/h8-11H,2-7H2,1H3,(H2,20,21,22). The van der Waals surface area contributed by atoms with Gasteiger partial charge in [-0.1, -0.05) is 34.8 Å². The SMILES string of the molecule is CN=C(NCCCCn1cnnc1)NCCOc1c(Cl)cc(Cl)cc1Cl. The fourth-order valence-corrected chi connectivity index (χ4v) is 3.10. The van der Waals surface area contributed by atoms with Crippen LogP contribution in [0.1, 0.15) is 12.8 Å². The highest BCUT2D eigenvalue weighted by atomic mass is 35.5. The van der Waals surface area contributed by atoms with Crippen molar-refractivity contribution in [1.82, 2.24) is 25.4 Å². The van der Waals surface area contributed by atoms with Crippen LogP contribution >= 0.6 is 34.8 Å². The zero-order valence-corrected chi connectivity index (χ0v) is 16.7. The molecular formula is C16H21Cl3N6O. The van der Waals surface area contributed by atoms with E-state index in [1.54, 1.807) is 31.8 Å². The number of halogens is 3. The maximum Gasteiger partial charge on any atom is 0.191 e. The zero-order valence-electron chi connectivity index (χ0n) is 14.4. The van der Waals surface area contributed by atoms with E-state index < -0.39 is 0 Å². The molecule has 0 bridgehead atoms. The first-order chi connectivity index (χ1) is 12.6. The molecule has 0 radical (unpaired) electrons. The van der Waals surface area contributed by atoms with E-state index in [2.05, 4.69) is 25.8 Å². The second-order valence-corrected chi connectivity index (χ2v) is 6.63. The van der Waals surface area contributed by atoms with Crippen molar-refractivity contribution >= 4 is 40.8 Å². The molecule has 0 unspecified atom stereocenters. The van der Waals surface area contributed by atoms with Gasteiger partial charge in [0, 0.05) is 25.2 Å². The molecule has 2 aromatic rings. The van der Waals surface area contributed by atoms with Crippen LogP contribution in [-0.2, 0) is 6.54 Å². The Morgan fingerprint density at radius 2 is 1.73 bits per heavy atom. The first-order valence-corrected chi connectivity index (χ1v) is 9.28. The lowest BCUT2D eigenvalue weighted by atomic mass is 10.3. The topological polar surface area (TPSA) is 76.4 Å². The van der Waals surface area contributed by atoms with Gasteiger partial charge in [-0.05, 0) is 25.0 Å². The molecule has 142 valence electrons. The maximum atomic E-state index is 6.08. The number of rotatable bonds is 9. The first kappa shape index (κ1) is 20.6. The minimum atomic E-state index is 0.384. The van der Waals surface area contributed by atoms with Gasteiger partial charge in [0.25, 0.3) is 0 Å². The molecule has 0 aliphatic rings. The molecule has 1 aromatic heterocycles. The van der Waals surface area contributed by atoms with E-state index in [0.717, 1.165) is 25.9 Å². The first-order valence-electron chi connectivity index (χ1n) is 8.14. The Morgan fingerprint density at radius 3 is 2.38 bits per heavy atom. The third kappa shape index (κ3) is 6.90. The molecule has 0 spiro atoms. The van der Waals surface area contributed by atoms with E-state index in [1.807, 2.05) is 4.57 Å². The summed E-state index contributed by atoms with van der Waals surface area (Å²) in [5, 5.41) is 15.2. The number of aryl methyl sites for hydroxylation is 1. The number of aliphatic imine (C=N–C) groups is 1. The van der Waals surface area contributed by atoms with Gasteiger partial charge in [0.2, 0.25) is 0 Å². The van der Waals surface area contributed by atoms with Crippen LogP contribution in [-0.4, -0.2) is 47.5 Å². The summed E-state index contributed by atoms with van der Waals surface area (Å²) in [6, 6.07) is 3.19. The Balaban J connectivity index is 1.61. The predicted molar refractivity (Wildman–Crippen MR) is 106 cm³/mol. The van der Waals surface area contributed by atoms with Crippen molar-refractivity contribution in [3.63, 3.8) is 0 Å². The highest BCUT2D eigenvalue weighted by molar-refractivity contribution is 6.40. The molecule has 0 saturated heterocycles. The number of ether oxygens (including phenoxy) is 1. The highest BCUT2D eigenvalue weighted by Gasteiger charge is 2.09. The van der Waals surface area contributed by atoms with E-state index in [1.165, 1.54) is 0 Å². The third-order valence-electron chi connectivity index (χ3n) is 3.43. The number of unbranched alkanes of at least 4 members (excludes halogenated alkanes) is 1. The molecule has 0 atom stereocenters. The average molecular weight is 420 g/mol. The Labute approximate surface area is 167 Å². The summed E-state index contributed by atoms with van der Waals surface area (Å²) in [6.45, 7) is 2.65. The van der Waals surface area contributed by atoms with Crippen molar-refractivity contribution < 1.29 is 4.74 Å². The molecule has 1 heterocycles. The lowest BCUT2D eigenvalue weighted by molar-refractivity contribution is 0.322. The van der Waals surface area contributed by atoms with Crippen molar-refractivity contribution in [1.29, 1.82) is 0 Å². The number of nitrogens with zero attached hydrogens (tertiary/aromatic N) is 4. The molecule has 0 amide bonds. The lowest BCUT2D eigenvalue weighted by Crippen LogP contribution is -2.39. The molecule has 2 N–H and O–H groups in total. The minimum Gasteiger partial charge on any atom is -0.489 e. The van der Waals surface area contributed by atoms with Crippen molar-refractivity contribution in [3.05, 3.63) is 39.9 Å². The van der Waals surface area contributed by atoms with Crippen molar-refractivity contribution in [3.8, 4) is 5.75 Å². The van der Waals surface area contributed by atoms with Gasteiger partial charge in [-0.3, -0.25) is 4.99 Å². The summed E-state index contributed by atoms with van der Waals surface area (Å²) in [6.07, 6.45) is 5.46. The fraction of sp³-hybridized carbons (Fsp3) is 0.438. The van der Waals surface area contributed by atoms with Crippen LogP contribution in [0.3, 0.4) is 0 Å². The van der Waals surface area contributed by atoms with Crippen LogP contribution in [0.4, 0.5) is 0 Å². The fourth-order valence-electron chi connectivity index (χ4n) is 2.17. The molecule has 0 aliphatic carbocycles.